The average Bonchev–Trinajstić information content (AvgIpc) is 2.40. The van der Waals surface area contributed by atoms with E-state index in [0.717, 1.165) is 18.1 Å². The third kappa shape index (κ3) is 4.25. The zero-order valence-electron chi connectivity index (χ0n) is 10.4. The second kappa shape index (κ2) is 6.58. The highest BCUT2D eigenvalue weighted by molar-refractivity contribution is 7.99. The quantitative estimate of drug-likeness (QED) is 0.777. The molecule has 0 bridgehead atoms. The predicted molar refractivity (Wildman–Crippen MR) is 75.8 cm³/mol. The number of rotatable bonds is 4. The van der Waals surface area contributed by atoms with E-state index in [0.29, 0.717) is 12.1 Å². The van der Waals surface area contributed by atoms with Crippen LogP contribution in [-0.4, -0.2) is 41.1 Å². The van der Waals surface area contributed by atoms with Gasteiger partial charge in [-0.05, 0) is 24.3 Å². The number of hydrogen-bond donors (Lipinski definition) is 3. The van der Waals surface area contributed by atoms with E-state index in [1.165, 1.54) is 12.1 Å². The molecule has 1 heterocycles. The minimum Gasteiger partial charge on any atom is -0.478 e. The number of carboxylic acids is 1. The Bertz CT molecular complexity index is 455. The molecule has 1 fully saturated rings. The first-order chi connectivity index (χ1) is 9.15. The van der Waals surface area contributed by atoms with Crippen molar-refractivity contribution >= 4 is 29.3 Å². The highest BCUT2D eigenvalue weighted by atomic mass is 32.2. The Morgan fingerprint density at radius 2 is 2.11 bits per heavy atom. The Labute approximate surface area is 115 Å². The molecule has 1 saturated heterocycles. The summed E-state index contributed by atoms with van der Waals surface area (Å²) in [5.41, 5.74) is 0.835. The van der Waals surface area contributed by atoms with Gasteiger partial charge >= 0.3 is 5.97 Å². The van der Waals surface area contributed by atoms with E-state index >= 15 is 0 Å². The van der Waals surface area contributed by atoms with Gasteiger partial charge in [-0.25, -0.2) is 4.79 Å². The highest BCUT2D eigenvalue weighted by Gasteiger charge is 2.16. The summed E-state index contributed by atoms with van der Waals surface area (Å²) in [5, 5.41) is 14.9. The number of amides is 1. The number of hydrogen-bond acceptors (Lipinski definition) is 4. The van der Waals surface area contributed by atoms with Crippen molar-refractivity contribution in [2.75, 3.05) is 23.4 Å². The van der Waals surface area contributed by atoms with Crippen LogP contribution in [0.5, 0.6) is 0 Å². The van der Waals surface area contributed by atoms with Gasteiger partial charge in [0.25, 0.3) is 0 Å². The summed E-state index contributed by atoms with van der Waals surface area (Å²) in [6.07, 6.45) is 0.438. The fourth-order valence-electron chi connectivity index (χ4n) is 1.88. The third-order valence-corrected chi connectivity index (χ3v) is 3.98. The number of carbonyl (C=O) groups is 2. The minimum absolute atomic E-state index is 0.0527. The standard InChI is InChI=1S/C13H16N2O3S/c16-12(7-11-8-19-6-5-14-11)15-10-3-1-9(2-4-10)13(17)18/h1-4,11,14H,5-8H2,(H,15,16)(H,17,18). The molecule has 3 N–H and O–H groups in total. The van der Waals surface area contributed by atoms with Crippen molar-refractivity contribution in [3.05, 3.63) is 29.8 Å². The smallest absolute Gasteiger partial charge is 0.335 e. The summed E-state index contributed by atoms with van der Waals surface area (Å²) in [6, 6.07) is 6.38. The lowest BCUT2D eigenvalue weighted by Gasteiger charge is -2.22. The molecule has 1 aliphatic rings. The summed E-state index contributed by atoms with van der Waals surface area (Å²) in [7, 11) is 0. The van der Waals surface area contributed by atoms with E-state index in [1.807, 2.05) is 11.8 Å². The summed E-state index contributed by atoms with van der Waals surface area (Å²) in [4.78, 5) is 22.5. The van der Waals surface area contributed by atoms with Gasteiger partial charge in [0, 0.05) is 36.2 Å². The molecule has 6 heteroatoms. The number of thioether (sulfide) groups is 1. The third-order valence-electron chi connectivity index (χ3n) is 2.85. The van der Waals surface area contributed by atoms with Crippen LogP contribution in [0.2, 0.25) is 0 Å². The molecule has 0 spiro atoms. The lowest BCUT2D eigenvalue weighted by atomic mass is 10.2. The monoisotopic (exact) mass is 280 g/mol. The zero-order chi connectivity index (χ0) is 13.7. The van der Waals surface area contributed by atoms with Crippen LogP contribution in [0.15, 0.2) is 24.3 Å². The number of benzene rings is 1. The van der Waals surface area contributed by atoms with Crippen LogP contribution in [-0.2, 0) is 4.79 Å². The van der Waals surface area contributed by atoms with Crippen LogP contribution < -0.4 is 10.6 Å². The molecule has 0 aromatic heterocycles. The van der Waals surface area contributed by atoms with Crippen molar-refractivity contribution in [3.8, 4) is 0 Å². The van der Waals surface area contributed by atoms with Crippen LogP contribution in [0.25, 0.3) is 0 Å². The van der Waals surface area contributed by atoms with Gasteiger partial charge in [-0.15, -0.1) is 0 Å². The summed E-state index contributed by atoms with van der Waals surface area (Å²) in [6.45, 7) is 0.940. The number of aromatic carboxylic acids is 1. The molecule has 1 atom stereocenters. The molecule has 0 radical (unpaired) electrons. The maximum absolute atomic E-state index is 11.8. The molecule has 2 rings (SSSR count). The van der Waals surface area contributed by atoms with Crippen molar-refractivity contribution in [3.63, 3.8) is 0 Å². The van der Waals surface area contributed by atoms with Crippen molar-refractivity contribution in [1.29, 1.82) is 0 Å². The van der Waals surface area contributed by atoms with E-state index in [4.69, 9.17) is 5.11 Å². The molecule has 1 amide bonds. The molecule has 1 unspecified atom stereocenters. The van der Waals surface area contributed by atoms with Gasteiger partial charge in [0.05, 0.1) is 5.56 Å². The van der Waals surface area contributed by atoms with E-state index in [1.54, 1.807) is 12.1 Å². The molecular weight excluding hydrogens is 264 g/mol. The van der Waals surface area contributed by atoms with Gasteiger partial charge in [0.1, 0.15) is 0 Å². The van der Waals surface area contributed by atoms with E-state index in [9.17, 15) is 9.59 Å². The Morgan fingerprint density at radius 3 is 2.68 bits per heavy atom. The Hall–Kier alpha value is -1.53. The van der Waals surface area contributed by atoms with Crippen LogP contribution in [0.1, 0.15) is 16.8 Å². The highest BCUT2D eigenvalue weighted by Crippen LogP contribution is 2.13. The average molecular weight is 280 g/mol. The van der Waals surface area contributed by atoms with Gasteiger partial charge in [-0.2, -0.15) is 11.8 Å². The first-order valence-electron chi connectivity index (χ1n) is 6.09. The van der Waals surface area contributed by atoms with Crippen molar-refractivity contribution in [1.82, 2.24) is 5.32 Å². The first kappa shape index (κ1) is 13.9. The molecule has 5 nitrogen and oxygen atoms in total. The van der Waals surface area contributed by atoms with Gasteiger partial charge in [-0.1, -0.05) is 0 Å². The minimum atomic E-state index is -0.971. The van der Waals surface area contributed by atoms with Crippen molar-refractivity contribution in [2.24, 2.45) is 0 Å². The second-order valence-electron chi connectivity index (χ2n) is 4.36. The van der Waals surface area contributed by atoms with E-state index < -0.39 is 5.97 Å². The Balaban J connectivity index is 1.85. The molecule has 19 heavy (non-hydrogen) atoms. The molecule has 0 aliphatic carbocycles. The van der Waals surface area contributed by atoms with Crippen LogP contribution in [0, 0.1) is 0 Å². The fraction of sp³-hybridized carbons (Fsp3) is 0.385. The van der Waals surface area contributed by atoms with Gasteiger partial charge in [-0.3, -0.25) is 4.79 Å². The van der Waals surface area contributed by atoms with Gasteiger partial charge < -0.3 is 15.7 Å². The molecular formula is C13H16N2O3S. The lowest BCUT2D eigenvalue weighted by Crippen LogP contribution is -2.39. The zero-order valence-corrected chi connectivity index (χ0v) is 11.2. The SMILES string of the molecule is O=C(CC1CSCCN1)Nc1ccc(C(=O)O)cc1. The number of carboxylic acid groups (broad SMARTS) is 1. The molecule has 1 aliphatic heterocycles. The lowest BCUT2D eigenvalue weighted by molar-refractivity contribution is -0.116. The topological polar surface area (TPSA) is 78.4 Å². The van der Waals surface area contributed by atoms with Crippen molar-refractivity contribution < 1.29 is 14.7 Å². The predicted octanol–water partition coefficient (Wildman–Crippen LogP) is 1.42. The maximum Gasteiger partial charge on any atom is 0.335 e. The maximum atomic E-state index is 11.8. The summed E-state index contributed by atoms with van der Waals surface area (Å²) < 4.78 is 0. The molecule has 1 aromatic rings. The molecule has 0 saturated carbocycles. The van der Waals surface area contributed by atoms with Crippen LogP contribution in [0.4, 0.5) is 5.69 Å². The summed E-state index contributed by atoms with van der Waals surface area (Å²) >= 11 is 1.85. The van der Waals surface area contributed by atoms with Crippen molar-refractivity contribution in [2.45, 2.75) is 12.5 Å². The largest absolute Gasteiger partial charge is 0.478 e. The Morgan fingerprint density at radius 1 is 1.37 bits per heavy atom. The molecule has 102 valence electrons. The van der Waals surface area contributed by atoms with Gasteiger partial charge in [0.15, 0.2) is 0 Å². The molecule has 1 aromatic carbocycles. The number of carbonyl (C=O) groups excluding carboxylic acids is 1. The second-order valence-corrected chi connectivity index (χ2v) is 5.51. The van der Waals surface area contributed by atoms with E-state index in [2.05, 4.69) is 10.6 Å². The van der Waals surface area contributed by atoms with E-state index in [-0.39, 0.29) is 17.5 Å². The summed E-state index contributed by atoms with van der Waals surface area (Å²) in [5.74, 6) is 1.02. The number of anilines is 1. The van der Waals surface area contributed by atoms with Crippen LogP contribution >= 0.6 is 11.8 Å². The first-order valence-corrected chi connectivity index (χ1v) is 7.25. The normalized spacial score (nSPS) is 18.8. The fourth-order valence-corrected chi connectivity index (χ4v) is 2.83. The van der Waals surface area contributed by atoms with Crippen LogP contribution in [0.3, 0.4) is 0 Å². The van der Waals surface area contributed by atoms with Gasteiger partial charge in [0.2, 0.25) is 5.91 Å². The Kier molecular flexibility index (Phi) is 4.81. The number of nitrogens with one attached hydrogen (secondary N) is 2.